The number of rotatable bonds is 9. The third-order valence-electron chi connectivity index (χ3n) is 6.92. The van der Waals surface area contributed by atoms with Crippen LogP contribution in [0.4, 0.5) is 5.69 Å². The minimum atomic E-state index is -4.06. The number of halogens is 1. The first-order chi connectivity index (χ1) is 19.6. The van der Waals surface area contributed by atoms with Gasteiger partial charge in [0.1, 0.15) is 6.10 Å². The molecule has 0 aliphatic heterocycles. The molecular weight excluding hydrogens is 560 g/mol. The number of aliphatic hydroxyl groups excluding tert-OH is 1. The molecule has 0 aliphatic carbocycles. The molecule has 41 heavy (non-hydrogen) atoms. The number of hydrogen-bond acceptors (Lipinski definition) is 5. The molecule has 0 spiro atoms. The van der Waals surface area contributed by atoms with Crippen LogP contribution in [-0.4, -0.2) is 36.7 Å². The highest BCUT2D eigenvalue weighted by molar-refractivity contribution is 7.86. The Morgan fingerprint density at radius 2 is 1.68 bits per heavy atom. The summed E-state index contributed by atoms with van der Waals surface area (Å²) in [7, 11) is -4.06. The van der Waals surface area contributed by atoms with Crippen molar-refractivity contribution >= 4 is 44.2 Å². The fraction of sp³-hybridized carbons (Fsp3) is 0.156. The summed E-state index contributed by atoms with van der Waals surface area (Å²) >= 11 is 6.19. The first-order valence-corrected chi connectivity index (χ1v) is 14.8. The molecule has 0 saturated heterocycles. The summed E-state index contributed by atoms with van der Waals surface area (Å²) in [5.74, 6) is -0.282. The van der Waals surface area contributed by atoms with E-state index in [4.69, 9.17) is 15.8 Å². The maximum absolute atomic E-state index is 12.8. The number of nitrogens with one attached hydrogen (secondary N) is 1. The maximum Gasteiger partial charge on any atom is 0.297 e. The van der Waals surface area contributed by atoms with E-state index in [9.17, 15) is 18.3 Å². The second-order valence-corrected chi connectivity index (χ2v) is 11.9. The standard InChI is InChI=1S/C32H29ClN2O5S/c1-21-8-13-27(14-9-21)41(38,39)40-20-30(36)31(23-6-4-3-5-7-23)35-17-16-24-18-26(12-15-29(24)35)34-32(37)25-11-10-22(2)28(33)19-25/h3-19,30-31,36H,20H2,1-2H3,(H,34,37)/t30-,31-/m0/s1. The smallest absolute Gasteiger partial charge is 0.297 e. The van der Waals surface area contributed by atoms with E-state index in [1.807, 2.05) is 73.1 Å². The summed E-state index contributed by atoms with van der Waals surface area (Å²) in [6.45, 7) is 3.30. The molecule has 5 rings (SSSR count). The Labute approximate surface area is 244 Å². The van der Waals surface area contributed by atoms with Crippen LogP contribution in [-0.2, 0) is 14.3 Å². The molecule has 0 bridgehead atoms. The van der Waals surface area contributed by atoms with E-state index in [0.29, 0.717) is 16.3 Å². The summed E-state index contributed by atoms with van der Waals surface area (Å²) in [5.41, 5.74) is 4.43. The van der Waals surface area contributed by atoms with Crippen LogP contribution in [0, 0.1) is 13.8 Å². The number of carbonyl (C=O) groups excluding carboxylic acids is 1. The van der Waals surface area contributed by atoms with Gasteiger partial charge >= 0.3 is 0 Å². The molecule has 210 valence electrons. The number of carbonyl (C=O) groups is 1. The number of hydrogen-bond donors (Lipinski definition) is 2. The molecule has 0 fully saturated rings. The van der Waals surface area contributed by atoms with Crippen molar-refractivity contribution in [2.75, 3.05) is 11.9 Å². The molecule has 0 aliphatic rings. The number of aliphatic hydroxyl groups is 1. The molecule has 0 unspecified atom stereocenters. The second kappa shape index (κ2) is 11.9. The average Bonchev–Trinajstić information content (AvgIpc) is 3.37. The first-order valence-electron chi connectivity index (χ1n) is 13.0. The van der Waals surface area contributed by atoms with E-state index < -0.39 is 28.9 Å². The van der Waals surface area contributed by atoms with Crippen molar-refractivity contribution < 1.29 is 22.5 Å². The van der Waals surface area contributed by atoms with Gasteiger partial charge in [-0.05, 0) is 73.5 Å². The molecule has 4 aromatic carbocycles. The Hall–Kier alpha value is -3.95. The summed E-state index contributed by atoms with van der Waals surface area (Å²) < 4.78 is 32.8. The van der Waals surface area contributed by atoms with Gasteiger partial charge in [-0.3, -0.25) is 8.98 Å². The molecule has 1 heterocycles. The Kier molecular flexibility index (Phi) is 8.28. The van der Waals surface area contributed by atoms with Crippen LogP contribution in [0.2, 0.25) is 5.02 Å². The molecule has 1 aromatic heterocycles. The molecule has 0 saturated carbocycles. The van der Waals surface area contributed by atoms with Crippen LogP contribution < -0.4 is 5.32 Å². The highest BCUT2D eigenvalue weighted by Gasteiger charge is 2.27. The predicted molar refractivity (Wildman–Crippen MR) is 161 cm³/mol. The van der Waals surface area contributed by atoms with Crippen LogP contribution in [0.1, 0.15) is 33.1 Å². The molecule has 5 aromatic rings. The number of benzene rings is 4. The molecule has 1 amide bonds. The van der Waals surface area contributed by atoms with Gasteiger partial charge in [0.15, 0.2) is 0 Å². The highest BCUT2D eigenvalue weighted by Crippen LogP contribution is 2.30. The SMILES string of the molecule is Cc1ccc(S(=O)(=O)OC[C@H](O)[C@H](c2ccccc2)n2ccc3cc(NC(=O)c4ccc(C)c(Cl)c4)ccc32)cc1. The van der Waals surface area contributed by atoms with E-state index in [-0.39, 0.29) is 10.8 Å². The van der Waals surface area contributed by atoms with E-state index in [0.717, 1.165) is 27.6 Å². The normalized spacial score (nSPS) is 13.2. The van der Waals surface area contributed by atoms with Crippen molar-refractivity contribution in [3.8, 4) is 0 Å². The molecule has 7 nitrogen and oxygen atoms in total. The number of aromatic nitrogens is 1. The Bertz CT molecular complexity index is 1800. The summed E-state index contributed by atoms with van der Waals surface area (Å²) in [4.78, 5) is 12.8. The van der Waals surface area contributed by atoms with Gasteiger partial charge in [-0.2, -0.15) is 8.42 Å². The lowest BCUT2D eigenvalue weighted by Gasteiger charge is -2.26. The first kappa shape index (κ1) is 28.6. The molecule has 2 atom stereocenters. The van der Waals surface area contributed by atoms with Crippen molar-refractivity contribution in [3.63, 3.8) is 0 Å². The maximum atomic E-state index is 12.8. The Morgan fingerprint density at radius 1 is 0.951 bits per heavy atom. The fourth-order valence-electron chi connectivity index (χ4n) is 4.66. The second-order valence-electron chi connectivity index (χ2n) is 9.89. The zero-order valence-corrected chi connectivity index (χ0v) is 24.1. The Balaban J connectivity index is 1.40. The predicted octanol–water partition coefficient (Wildman–Crippen LogP) is 6.52. The lowest BCUT2D eigenvalue weighted by atomic mass is 10.0. The highest BCUT2D eigenvalue weighted by atomic mass is 35.5. The number of fused-ring (bicyclic) bond motifs is 1. The third kappa shape index (κ3) is 6.36. The molecule has 9 heteroatoms. The number of anilines is 1. The van der Waals surface area contributed by atoms with E-state index in [1.165, 1.54) is 12.1 Å². The van der Waals surface area contributed by atoms with Crippen molar-refractivity contribution in [2.24, 2.45) is 0 Å². The number of nitrogens with zero attached hydrogens (tertiary/aromatic N) is 1. The van der Waals surface area contributed by atoms with Gasteiger partial charge in [-0.25, -0.2) is 0 Å². The lowest BCUT2D eigenvalue weighted by Crippen LogP contribution is -2.30. The summed E-state index contributed by atoms with van der Waals surface area (Å²) in [6, 6.07) is 27.5. The largest absolute Gasteiger partial charge is 0.388 e. The summed E-state index contributed by atoms with van der Waals surface area (Å²) in [6.07, 6.45) is 0.629. The zero-order valence-electron chi connectivity index (χ0n) is 22.5. The van der Waals surface area contributed by atoms with Gasteiger partial charge in [0.05, 0.1) is 17.5 Å². The average molecular weight is 589 g/mol. The van der Waals surface area contributed by atoms with Crippen molar-refractivity contribution in [1.29, 1.82) is 0 Å². The van der Waals surface area contributed by atoms with Crippen molar-refractivity contribution in [2.45, 2.75) is 30.9 Å². The van der Waals surface area contributed by atoms with Crippen LogP contribution in [0.25, 0.3) is 10.9 Å². The van der Waals surface area contributed by atoms with Crippen LogP contribution in [0.5, 0.6) is 0 Å². The van der Waals surface area contributed by atoms with E-state index in [2.05, 4.69) is 5.32 Å². The van der Waals surface area contributed by atoms with E-state index in [1.54, 1.807) is 36.4 Å². The van der Waals surface area contributed by atoms with Crippen LogP contribution >= 0.6 is 11.6 Å². The van der Waals surface area contributed by atoms with Gasteiger partial charge < -0.3 is 15.0 Å². The lowest BCUT2D eigenvalue weighted by molar-refractivity contribution is 0.0785. The monoisotopic (exact) mass is 588 g/mol. The molecular formula is C32H29ClN2O5S. The van der Waals surface area contributed by atoms with Gasteiger partial charge in [0, 0.05) is 33.4 Å². The Morgan fingerprint density at radius 3 is 2.39 bits per heavy atom. The van der Waals surface area contributed by atoms with Gasteiger partial charge in [0.2, 0.25) is 0 Å². The topological polar surface area (TPSA) is 97.6 Å². The van der Waals surface area contributed by atoms with Gasteiger partial charge in [-0.1, -0.05) is 65.7 Å². The molecule has 0 radical (unpaired) electrons. The fourth-order valence-corrected chi connectivity index (χ4v) is 5.77. The van der Waals surface area contributed by atoms with Crippen LogP contribution in [0.3, 0.4) is 0 Å². The minimum absolute atomic E-state index is 0.0282. The van der Waals surface area contributed by atoms with Gasteiger partial charge in [0.25, 0.3) is 16.0 Å². The number of aryl methyl sites for hydroxylation is 2. The van der Waals surface area contributed by atoms with Crippen LogP contribution in [0.15, 0.2) is 108 Å². The van der Waals surface area contributed by atoms with Gasteiger partial charge in [-0.15, -0.1) is 0 Å². The third-order valence-corrected chi connectivity index (χ3v) is 8.62. The van der Waals surface area contributed by atoms with E-state index >= 15 is 0 Å². The van der Waals surface area contributed by atoms with Crippen molar-refractivity contribution in [3.05, 3.63) is 131 Å². The summed E-state index contributed by atoms with van der Waals surface area (Å²) in [5, 5.41) is 15.6. The number of amides is 1. The molecule has 2 N–H and O–H groups in total. The quantitative estimate of drug-likeness (QED) is 0.191. The van der Waals surface area contributed by atoms with Crippen molar-refractivity contribution in [1.82, 2.24) is 4.57 Å². The minimum Gasteiger partial charge on any atom is -0.388 e. The zero-order chi connectivity index (χ0) is 29.1.